The van der Waals surface area contributed by atoms with E-state index < -0.39 is 10.0 Å². The summed E-state index contributed by atoms with van der Waals surface area (Å²) in [6.07, 6.45) is 4.22. The summed E-state index contributed by atoms with van der Waals surface area (Å²) in [5.41, 5.74) is 1.34. The summed E-state index contributed by atoms with van der Waals surface area (Å²) in [6.45, 7) is 2.36. The molecule has 2 saturated heterocycles. The number of piperidine rings is 2. The largest absolute Gasteiger partial charge is 0.370 e. The Morgan fingerprint density at radius 3 is 2.29 bits per heavy atom. The van der Waals surface area contributed by atoms with E-state index in [-0.39, 0.29) is 35.6 Å². The SMILES string of the molecule is O=C(Nc1cc(F)ccc1N1CCCCC1)C1CCN(S(=O)(=O)c2ccccc2)CC1. The summed E-state index contributed by atoms with van der Waals surface area (Å²) in [5, 5.41) is 2.92. The second kappa shape index (κ2) is 9.36. The van der Waals surface area contributed by atoms with Gasteiger partial charge in [0.25, 0.3) is 0 Å². The number of halogens is 1. The Hall–Kier alpha value is -2.45. The number of hydrogen-bond acceptors (Lipinski definition) is 4. The van der Waals surface area contributed by atoms with Crippen LogP contribution in [-0.2, 0) is 14.8 Å². The average molecular weight is 446 g/mol. The van der Waals surface area contributed by atoms with Gasteiger partial charge in [-0.3, -0.25) is 4.79 Å². The molecule has 0 saturated carbocycles. The second-order valence-corrected chi connectivity index (χ2v) is 10.1. The molecular formula is C23H28FN3O3S. The Morgan fingerprint density at radius 2 is 1.61 bits per heavy atom. The standard InChI is InChI=1S/C23H28FN3O3S/c24-19-9-10-22(26-13-5-2-6-14-26)21(17-19)25-23(28)18-11-15-27(16-12-18)31(29,30)20-7-3-1-4-8-20/h1,3-4,7-10,17-18H,2,5-6,11-16H2,(H,25,28). The van der Waals surface area contributed by atoms with Crippen molar-refractivity contribution < 1.29 is 17.6 Å². The average Bonchev–Trinajstić information content (AvgIpc) is 2.80. The normalized spacial score (nSPS) is 18.7. The lowest BCUT2D eigenvalue weighted by atomic mass is 9.97. The molecule has 166 valence electrons. The molecule has 0 spiro atoms. The second-order valence-electron chi connectivity index (χ2n) is 8.19. The van der Waals surface area contributed by atoms with Crippen molar-refractivity contribution in [2.45, 2.75) is 37.0 Å². The molecular weight excluding hydrogens is 417 g/mol. The fraction of sp³-hybridized carbons (Fsp3) is 0.435. The van der Waals surface area contributed by atoms with Crippen LogP contribution in [0.1, 0.15) is 32.1 Å². The van der Waals surface area contributed by atoms with Crippen molar-refractivity contribution in [3.05, 3.63) is 54.3 Å². The van der Waals surface area contributed by atoms with Gasteiger partial charge >= 0.3 is 0 Å². The van der Waals surface area contributed by atoms with Crippen LogP contribution in [0.2, 0.25) is 0 Å². The molecule has 2 aromatic carbocycles. The molecule has 2 aromatic rings. The van der Waals surface area contributed by atoms with Gasteiger partial charge in [-0.15, -0.1) is 0 Å². The van der Waals surface area contributed by atoms with Crippen molar-refractivity contribution in [3.8, 4) is 0 Å². The van der Waals surface area contributed by atoms with Crippen LogP contribution in [0.4, 0.5) is 15.8 Å². The van der Waals surface area contributed by atoms with Gasteiger partial charge in [-0.1, -0.05) is 18.2 Å². The summed E-state index contributed by atoms with van der Waals surface area (Å²) in [6, 6.07) is 12.9. The van der Waals surface area contributed by atoms with E-state index >= 15 is 0 Å². The lowest BCUT2D eigenvalue weighted by Gasteiger charge is -2.32. The number of anilines is 2. The van der Waals surface area contributed by atoms with Crippen molar-refractivity contribution in [2.75, 3.05) is 36.4 Å². The maximum atomic E-state index is 13.9. The lowest BCUT2D eigenvalue weighted by molar-refractivity contribution is -0.120. The first kappa shape index (κ1) is 21.8. The van der Waals surface area contributed by atoms with Crippen LogP contribution in [0.25, 0.3) is 0 Å². The van der Waals surface area contributed by atoms with E-state index in [4.69, 9.17) is 0 Å². The first-order valence-electron chi connectivity index (χ1n) is 10.9. The molecule has 1 N–H and O–H groups in total. The molecule has 0 unspecified atom stereocenters. The van der Waals surface area contributed by atoms with Crippen molar-refractivity contribution in [1.29, 1.82) is 0 Å². The summed E-state index contributed by atoms with van der Waals surface area (Å²) in [7, 11) is -3.55. The number of amides is 1. The molecule has 2 heterocycles. The first-order chi connectivity index (χ1) is 14.9. The van der Waals surface area contributed by atoms with Gasteiger partial charge in [-0.25, -0.2) is 12.8 Å². The number of benzene rings is 2. The highest BCUT2D eigenvalue weighted by atomic mass is 32.2. The van der Waals surface area contributed by atoms with Crippen LogP contribution in [0.15, 0.2) is 53.4 Å². The zero-order valence-corrected chi connectivity index (χ0v) is 18.3. The van der Waals surface area contributed by atoms with E-state index in [1.54, 1.807) is 36.4 Å². The first-order valence-corrected chi connectivity index (χ1v) is 12.3. The Bertz CT molecular complexity index is 1020. The summed E-state index contributed by atoms with van der Waals surface area (Å²) >= 11 is 0. The summed E-state index contributed by atoms with van der Waals surface area (Å²) in [4.78, 5) is 15.4. The van der Waals surface area contributed by atoms with Gasteiger partial charge in [0.2, 0.25) is 15.9 Å². The topological polar surface area (TPSA) is 69.7 Å². The Morgan fingerprint density at radius 1 is 0.935 bits per heavy atom. The van der Waals surface area contributed by atoms with Crippen molar-refractivity contribution in [3.63, 3.8) is 0 Å². The minimum Gasteiger partial charge on any atom is -0.370 e. The van der Waals surface area contributed by atoms with E-state index in [1.165, 1.54) is 22.9 Å². The molecule has 2 aliphatic rings. The van der Waals surface area contributed by atoms with Gasteiger partial charge in [-0.05, 0) is 62.4 Å². The quantitative estimate of drug-likeness (QED) is 0.759. The van der Waals surface area contributed by atoms with Crippen molar-refractivity contribution in [2.24, 2.45) is 5.92 Å². The van der Waals surface area contributed by atoms with Crippen LogP contribution in [0, 0.1) is 11.7 Å². The third-order valence-corrected chi connectivity index (χ3v) is 8.03. The van der Waals surface area contributed by atoms with Gasteiger partial charge < -0.3 is 10.2 Å². The number of sulfonamides is 1. The zero-order chi connectivity index (χ0) is 21.8. The number of rotatable bonds is 5. The number of carbonyl (C=O) groups is 1. The predicted octanol–water partition coefficient (Wildman–Crippen LogP) is 3.86. The molecule has 6 nitrogen and oxygen atoms in total. The fourth-order valence-electron chi connectivity index (χ4n) is 4.35. The van der Waals surface area contributed by atoms with Crippen LogP contribution < -0.4 is 10.2 Å². The molecule has 31 heavy (non-hydrogen) atoms. The van der Waals surface area contributed by atoms with E-state index in [9.17, 15) is 17.6 Å². The number of hydrogen-bond donors (Lipinski definition) is 1. The summed E-state index contributed by atoms with van der Waals surface area (Å²) < 4.78 is 40.9. The van der Waals surface area contributed by atoms with Crippen LogP contribution in [-0.4, -0.2) is 44.8 Å². The highest BCUT2D eigenvalue weighted by Gasteiger charge is 2.32. The summed E-state index contributed by atoms with van der Waals surface area (Å²) in [5.74, 6) is -0.875. The van der Waals surface area contributed by atoms with Crippen molar-refractivity contribution >= 4 is 27.3 Å². The van der Waals surface area contributed by atoms with Crippen molar-refractivity contribution in [1.82, 2.24) is 4.31 Å². The van der Waals surface area contributed by atoms with E-state index in [0.29, 0.717) is 18.5 Å². The minimum atomic E-state index is -3.55. The maximum Gasteiger partial charge on any atom is 0.243 e. The Kier molecular flexibility index (Phi) is 6.57. The van der Waals surface area contributed by atoms with E-state index in [2.05, 4.69) is 10.2 Å². The van der Waals surface area contributed by atoms with E-state index in [0.717, 1.165) is 31.6 Å². The Balaban J connectivity index is 1.41. The number of carbonyl (C=O) groups excluding carboxylic acids is 1. The molecule has 2 fully saturated rings. The monoisotopic (exact) mass is 445 g/mol. The molecule has 0 bridgehead atoms. The number of nitrogens with zero attached hydrogens (tertiary/aromatic N) is 2. The highest BCUT2D eigenvalue weighted by Crippen LogP contribution is 2.31. The van der Waals surface area contributed by atoms with Crippen LogP contribution in [0.5, 0.6) is 0 Å². The molecule has 0 radical (unpaired) electrons. The van der Waals surface area contributed by atoms with Gasteiger partial charge in [0, 0.05) is 32.1 Å². The van der Waals surface area contributed by atoms with Gasteiger partial charge in [0.1, 0.15) is 5.82 Å². The van der Waals surface area contributed by atoms with Gasteiger partial charge in [0.15, 0.2) is 0 Å². The molecule has 1 amide bonds. The number of nitrogens with one attached hydrogen (secondary N) is 1. The molecule has 0 atom stereocenters. The zero-order valence-electron chi connectivity index (χ0n) is 17.5. The molecule has 4 rings (SSSR count). The predicted molar refractivity (Wildman–Crippen MR) is 119 cm³/mol. The Labute approximate surface area is 183 Å². The van der Waals surface area contributed by atoms with Gasteiger partial charge in [0.05, 0.1) is 16.3 Å². The molecule has 0 aliphatic carbocycles. The maximum absolute atomic E-state index is 13.9. The van der Waals surface area contributed by atoms with E-state index in [1.807, 2.05) is 0 Å². The minimum absolute atomic E-state index is 0.180. The highest BCUT2D eigenvalue weighted by molar-refractivity contribution is 7.89. The lowest BCUT2D eigenvalue weighted by Crippen LogP contribution is -2.41. The molecule has 0 aromatic heterocycles. The fourth-order valence-corrected chi connectivity index (χ4v) is 5.84. The van der Waals surface area contributed by atoms with Gasteiger partial charge in [-0.2, -0.15) is 4.31 Å². The third kappa shape index (κ3) is 4.91. The molecule has 8 heteroatoms. The van der Waals surface area contributed by atoms with Crippen LogP contribution >= 0.6 is 0 Å². The third-order valence-electron chi connectivity index (χ3n) is 6.12. The van der Waals surface area contributed by atoms with Crippen LogP contribution in [0.3, 0.4) is 0 Å². The molecule has 2 aliphatic heterocycles. The smallest absolute Gasteiger partial charge is 0.243 e.